The summed E-state index contributed by atoms with van der Waals surface area (Å²) in [5, 5.41) is 4.94. The second-order valence-corrected chi connectivity index (χ2v) is 9.51. The van der Waals surface area contributed by atoms with Gasteiger partial charge < -0.3 is 23.8 Å². The van der Waals surface area contributed by atoms with Crippen molar-refractivity contribution in [3.05, 3.63) is 35.9 Å². The Morgan fingerprint density at radius 2 is 1.59 bits per heavy atom. The van der Waals surface area contributed by atoms with Crippen LogP contribution in [0.5, 0.6) is 17.4 Å². The Morgan fingerprint density at radius 1 is 0.941 bits per heavy atom. The Balaban J connectivity index is 1.64. The van der Waals surface area contributed by atoms with Crippen molar-refractivity contribution in [1.29, 1.82) is 0 Å². The molecule has 182 valence electrons. The fourth-order valence-corrected chi connectivity index (χ4v) is 5.07. The summed E-state index contributed by atoms with van der Waals surface area (Å²) < 4.78 is 25.0. The van der Waals surface area contributed by atoms with Crippen LogP contribution >= 0.6 is 0 Å². The van der Waals surface area contributed by atoms with Crippen molar-refractivity contribution in [2.45, 2.75) is 32.6 Å². The maximum atomic E-state index is 5.86. The lowest BCUT2D eigenvalue weighted by Crippen LogP contribution is -2.34. The highest BCUT2D eigenvalue weighted by Gasteiger charge is 2.31. The number of anilines is 1. The Bertz CT molecular complexity index is 1120. The summed E-state index contributed by atoms with van der Waals surface area (Å²) in [6.07, 6.45) is 4.81. The van der Waals surface area contributed by atoms with E-state index in [0.717, 1.165) is 84.6 Å². The molecule has 3 aromatic rings. The van der Waals surface area contributed by atoms with Crippen LogP contribution in [0.25, 0.3) is 16.8 Å². The molecule has 0 N–H and O–H groups in total. The summed E-state index contributed by atoms with van der Waals surface area (Å²) in [5.41, 5.74) is 4.99. The van der Waals surface area contributed by atoms with Crippen LogP contribution in [0.3, 0.4) is 0 Å². The summed E-state index contributed by atoms with van der Waals surface area (Å²) in [6, 6.07) is 10.3. The van der Waals surface area contributed by atoms with Crippen LogP contribution in [-0.2, 0) is 4.74 Å². The molecule has 34 heavy (non-hydrogen) atoms. The van der Waals surface area contributed by atoms with Crippen LogP contribution in [0.2, 0.25) is 0 Å². The lowest BCUT2D eigenvalue weighted by Gasteiger charge is -2.31. The van der Waals surface area contributed by atoms with E-state index in [-0.39, 0.29) is 0 Å². The van der Waals surface area contributed by atoms with E-state index in [0.29, 0.717) is 11.8 Å². The second-order valence-electron chi connectivity index (χ2n) is 9.51. The molecule has 0 atom stereocenters. The number of nitrogens with zero attached hydrogens (tertiary/aromatic N) is 3. The highest BCUT2D eigenvalue weighted by atomic mass is 16.5. The number of hydrogen-bond acceptors (Lipinski definition) is 6. The summed E-state index contributed by atoms with van der Waals surface area (Å²) in [4.78, 5) is 2.52. The smallest absolute Gasteiger partial charge is 0.257 e. The molecule has 0 radical (unpaired) electrons. The minimum Gasteiger partial charge on any atom is -0.496 e. The Labute approximate surface area is 201 Å². The van der Waals surface area contributed by atoms with Gasteiger partial charge in [-0.05, 0) is 74.3 Å². The quantitative estimate of drug-likeness (QED) is 0.444. The molecular weight excluding hydrogens is 430 g/mol. The lowest BCUT2D eigenvalue weighted by molar-refractivity contribution is 0.0681. The summed E-state index contributed by atoms with van der Waals surface area (Å²) in [6.45, 7) is 5.78. The second kappa shape index (κ2) is 9.74. The van der Waals surface area contributed by atoms with Gasteiger partial charge in [-0.15, -0.1) is 5.10 Å². The average molecular weight is 466 g/mol. The maximum absolute atomic E-state index is 5.86. The fraction of sp³-hybridized carbons (Fsp3) is 0.519. The van der Waals surface area contributed by atoms with E-state index in [1.165, 1.54) is 12.8 Å². The molecule has 7 heteroatoms. The van der Waals surface area contributed by atoms with Crippen LogP contribution < -0.4 is 19.1 Å². The van der Waals surface area contributed by atoms with Gasteiger partial charge in [0.05, 0.1) is 38.1 Å². The third kappa shape index (κ3) is 4.41. The monoisotopic (exact) mass is 465 g/mol. The van der Waals surface area contributed by atoms with Gasteiger partial charge in [-0.25, -0.2) is 4.52 Å². The first-order chi connectivity index (χ1) is 16.6. The predicted molar refractivity (Wildman–Crippen MR) is 134 cm³/mol. The van der Waals surface area contributed by atoms with Gasteiger partial charge in [0.25, 0.3) is 5.88 Å². The van der Waals surface area contributed by atoms with Gasteiger partial charge in [0.15, 0.2) is 0 Å². The number of ether oxygens (including phenoxy) is 4. The van der Waals surface area contributed by atoms with Crippen molar-refractivity contribution in [3.8, 4) is 28.6 Å². The average Bonchev–Trinajstić information content (AvgIpc) is 3.60. The molecular formula is C27H35N3O4. The summed E-state index contributed by atoms with van der Waals surface area (Å²) >= 11 is 0. The largest absolute Gasteiger partial charge is 0.496 e. The third-order valence-corrected chi connectivity index (χ3v) is 7.01. The van der Waals surface area contributed by atoms with Crippen molar-refractivity contribution < 1.29 is 18.9 Å². The predicted octanol–water partition coefficient (Wildman–Crippen LogP) is 4.98. The number of aromatic nitrogens is 2. The summed E-state index contributed by atoms with van der Waals surface area (Å²) in [5.74, 6) is 3.55. The number of methoxy groups -OCH3 is 3. The molecule has 0 bridgehead atoms. The summed E-state index contributed by atoms with van der Waals surface area (Å²) in [7, 11) is 5.10. The highest BCUT2D eigenvalue weighted by molar-refractivity contribution is 5.84. The molecule has 3 heterocycles. The SMILES string of the molecule is COc1cc(C)cc(OC)c1-c1cccc2c(N(CC3CCOCC3)CC3CC3)c(OC)nn12. The van der Waals surface area contributed by atoms with Crippen molar-refractivity contribution in [3.63, 3.8) is 0 Å². The molecule has 5 rings (SSSR count). The maximum Gasteiger partial charge on any atom is 0.257 e. The van der Waals surface area contributed by atoms with E-state index < -0.39 is 0 Å². The van der Waals surface area contributed by atoms with E-state index in [9.17, 15) is 0 Å². The molecule has 2 aliphatic rings. The minimum atomic E-state index is 0.618. The molecule has 0 amide bonds. The fourth-order valence-electron chi connectivity index (χ4n) is 5.07. The molecule has 1 aromatic carbocycles. The molecule has 2 fully saturated rings. The highest BCUT2D eigenvalue weighted by Crippen LogP contribution is 2.43. The molecule has 1 aliphatic heterocycles. The molecule has 0 spiro atoms. The van der Waals surface area contributed by atoms with Crippen LogP contribution in [0.15, 0.2) is 30.3 Å². The first-order valence-corrected chi connectivity index (χ1v) is 12.2. The Morgan fingerprint density at radius 3 is 2.18 bits per heavy atom. The van der Waals surface area contributed by atoms with E-state index >= 15 is 0 Å². The van der Waals surface area contributed by atoms with E-state index in [1.807, 2.05) is 23.6 Å². The van der Waals surface area contributed by atoms with Gasteiger partial charge in [0.1, 0.15) is 17.2 Å². The van der Waals surface area contributed by atoms with E-state index in [1.54, 1.807) is 21.3 Å². The van der Waals surface area contributed by atoms with Gasteiger partial charge in [-0.2, -0.15) is 0 Å². The molecule has 7 nitrogen and oxygen atoms in total. The van der Waals surface area contributed by atoms with Gasteiger partial charge in [0.2, 0.25) is 0 Å². The number of hydrogen-bond donors (Lipinski definition) is 0. The van der Waals surface area contributed by atoms with Gasteiger partial charge in [-0.3, -0.25) is 0 Å². The topological polar surface area (TPSA) is 57.5 Å². The van der Waals surface area contributed by atoms with Crippen LogP contribution in [0.4, 0.5) is 5.69 Å². The minimum absolute atomic E-state index is 0.618. The standard InChI is InChI=1S/C27H35N3O4/c1-18-14-23(31-2)25(24(15-18)32-3)21-6-5-7-22-26(27(33-4)28-30(21)22)29(16-19-8-9-19)17-20-10-12-34-13-11-20/h5-7,14-15,19-20H,8-13,16-17H2,1-4H3. The number of aryl methyl sites for hydroxylation is 1. The Hall–Kier alpha value is -2.93. The van der Waals surface area contributed by atoms with Crippen LogP contribution in [0.1, 0.15) is 31.2 Å². The molecule has 1 saturated heterocycles. The van der Waals surface area contributed by atoms with Crippen molar-refractivity contribution >= 4 is 11.2 Å². The third-order valence-electron chi connectivity index (χ3n) is 7.01. The zero-order valence-corrected chi connectivity index (χ0v) is 20.7. The number of fused-ring (bicyclic) bond motifs is 1. The first-order valence-electron chi connectivity index (χ1n) is 12.2. The van der Waals surface area contributed by atoms with Crippen LogP contribution in [0, 0.1) is 18.8 Å². The van der Waals surface area contributed by atoms with E-state index in [2.05, 4.69) is 23.1 Å². The van der Waals surface area contributed by atoms with E-state index in [4.69, 9.17) is 24.0 Å². The van der Waals surface area contributed by atoms with Crippen LogP contribution in [-0.4, -0.2) is 57.2 Å². The number of rotatable bonds is 9. The zero-order chi connectivity index (χ0) is 23.7. The zero-order valence-electron chi connectivity index (χ0n) is 20.7. The van der Waals surface area contributed by atoms with Crippen molar-refractivity contribution in [2.24, 2.45) is 11.8 Å². The Kier molecular flexibility index (Phi) is 6.55. The van der Waals surface area contributed by atoms with Gasteiger partial charge in [0, 0.05) is 26.3 Å². The van der Waals surface area contributed by atoms with Gasteiger partial charge >= 0.3 is 0 Å². The molecule has 1 aliphatic carbocycles. The number of pyridine rings is 1. The lowest BCUT2D eigenvalue weighted by atomic mass is 9.99. The number of benzene rings is 1. The normalized spacial score (nSPS) is 16.6. The van der Waals surface area contributed by atoms with Crippen molar-refractivity contribution in [2.75, 3.05) is 52.5 Å². The van der Waals surface area contributed by atoms with Crippen molar-refractivity contribution in [1.82, 2.24) is 9.61 Å². The molecule has 2 aromatic heterocycles. The molecule has 1 saturated carbocycles. The van der Waals surface area contributed by atoms with Gasteiger partial charge in [-0.1, -0.05) is 6.07 Å². The molecule has 0 unspecified atom stereocenters. The first kappa shape index (κ1) is 22.8.